The van der Waals surface area contributed by atoms with Crippen molar-refractivity contribution in [3.8, 4) is 10.6 Å². The summed E-state index contributed by atoms with van der Waals surface area (Å²) in [5.74, 6) is 0.311. The van der Waals surface area contributed by atoms with Crippen molar-refractivity contribution in [3.05, 3.63) is 64.9 Å². The van der Waals surface area contributed by atoms with E-state index < -0.39 is 0 Å². The summed E-state index contributed by atoms with van der Waals surface area (Å²) < 4.78 is 0. The van der Waals surface area contributed by atoms with Gasteiger partial charge in [0.05, 0.1) is 12.1 Å². The molecule has 0 aliphatic heterocycles. The fourth-order valence-corrected chi connectivity index (χ4v) is 3.51. The summed E-state index contributed by atoms with van der Waals surface area (Å²) in [4.78, 5) is 21.2. The number of pyridine rings is 1. The molecule has 0 fully saturated rings. The maximum atomic E-state index is 12.5. The van der Waals surface area contributed by atoms with E-state index >= 15 is 0 Å². The first-order chi connectivity index (χ1) is 12.0. The molecule has 5 heteroatoms. The van der Waals surface area contributed by atoms with Crippen LogP contribution < -0.4 is 5.32 Å². The van der Waals surface area contributed by atoms with Gasteiger partial charge in [-0.05, 0) is 36.1 Å². The lowest BCUT2D eigenvalue weighted by Crippen LogP contribution is -2.17. The van der Waals surface area contributed by atoms with Gasteiger partial charge in [-0.15, -0.1) is 11.3 Å². The van der Waals surface area contributed by atoms with Crippen LogP contribution in [0.5, 0.6) is 0 Å². The van der Waals surface area contributed by atoms with Crippen molar-refractivity contribution < 1.29 is 4.79 Å². The first kappa shape index (κ1) is 17.3. The van der Waals surface area contributed by atoms with Gasteiger partial charge < -0.3 is 5.32 Å². The van der Waals surface area contributed by atoms with Gasteiger partial charge in [-0.1, -0.05) is 32.0 Å². The second kappa shape index (κ2) is 7.57. The van der Waals surface area contributed by atoms with Crippen molar-refractivity contribution in [1.82, 2.24) is 9.97 Å². The first-order valence-corrected chi connectivity index (χ1v) is 9.16. The van der Waals surface area contributed by atoms with Crippen molar-refractivity contribution >= 4 is 22.9 Å². The molecule has 1 aromatic carbocycles. The Labute approximate surface area is 152 Å². The maximum absolute atomic E-state index is 12.5. The minimum atomic E-state index is -0.0424. The second-order valence-electron chi connectivity index (χ2n) is 6.30. The molecule has 0 saturated carbocycles. The number of carbonyl (C=O) groups excluding carboxylic acids is 1. The van der Waals surface area contributed by atoms with Gasteiger partial charge in [0.1, 0.15) is 5.01 Å². The Morgan fingerprint density at radius 1 is 1.24 bits per heavy atom. The van der Waals surface area contributed by atoms with Gasteiger partial charge in [0.25, 0.3) is 0 Å². The molecule has 2 heterocycles. The van der Waals surface area contributed by atoms with E-state index in [0.717, 1.165) is 33.1 Å². The van der Waals surface area contributed by atoms with E-state index in [2.05, 4.69) is 35.2 Å². The van der Waals surface area contributed by atoms with E-state index in [9.17, 15) is 4.79 Å². The highest BCUT2D eigenvalue weighted by Gasteiger charge is 2.14. The molecule has 2 aromatic heterocycles. The van der Waals surface area contributed by atoms with Crippen LogP contribution in [0.4, 0.5) is 5.69 Å². The van der Waals surface area contributed by atoms with Gasteiger partial charge in [0.2, 0.25) is 5.91 Å². The maximum Gasteiger partial charge on any atom is 0.230 e. The average Bonchev–Trinajstić information content (AvgIpc) is 3.05. The number of hydrogen-bond acceptors (Lipinski definition) is 4. The van der Waals surface area contributed by atoms with Crippen LogP contribution in [0.25, 0.3) is 10.6 Å². The normalized spacial score (nSPS) is 10.9. The largest absolute Gasteiger partial charge is 0.325 e. The van der Waals surface area contributed by atoms with Gasteiger partial charge in [-0.3, -0.25) is 9.78 Å². The van der Waals surface area contributed by atoms with Gasteiger partial charge in [-0.2, -0.15) is 0 Å². The molecule has 0 radical (unpaired) electrons. The standard InChI is InChI=1S/C20H21N3OS/c1-13(2)17-8-4-6-14(3)19(17)23-18(24)10-16-12-25-20(22-16)15-7-5-9-21-11-15/h4-9,11-13H,10H2,1-3H3,(H,23,24). The number of rotatable bonds is 5. The Morgan fingerprint density at radius 3 is 2.80 bits per heavy atom. The van der Waals surface area contributed by atoms with Crippen LogP contribution in [0, 0.1) is 6.92 Å². The molecule has 0 aliphatic carbocycles. The lowest BCUT2D eigenvalue weighted by molar-refractivity contribution is -0.115. The number of para-hydroxylation sites is 1. The van der Waals surface area contributed by atoms with Crippen LogP contribution in [0.3, 0.4) is 0 Å². The van der Waals surface area contributed by atoms with Crippen LogP contribution in [-0.2, 0) is 11.2 Å². The Morgan fingerprint density at radius 2 is 2.08 bits per heavy atom. The van der Waals surface area contributed by atoms with Crippen LogP contribution in [-0.4, -0.2) is 15.9 Å². The number of nitrogens with zero attached hydrogens (tertiary/aromatic N) is 2. The van der Waals surface area contributed by atoms with Crippen molar-refractivity contribution in [2.45, 2.75) is 33.1 Å². The summed E-state index contributed by atoms with van der Waals surface area (Å²) in [6, 6.07) is 9.97. The van der Waals surface area contributed by atoms with Crippen molar-refractivity contribution in [2.75, 3.05) is 5.32 Å². The van der Waals surface area contributed by atoms with E-state index in [1.807, 2.05) is 36.6 Å². The molecule has 0 saturated heterocycles. The number of carbonyl (C=O) groups is 1. The molecule has 128 valence electrons. The Hall–Kier alpha value is -2.53. The SMILES string of the molecule is Cc1cccc(C(C)C)c1NC(=O)Cc1csc(-c2cccnc2)n1. The first-order valence-electron chi connectivity index (χ1n) is 8.28. The molecule has 0 bridgehead atoms. The number of anilines is 1. The number of benzene rings is 1. The predicted octanol–water partition coefficient (Wildman–Crippen LogP) is 4.82. The minimum absolute atomic E-state index is 0.0424. The lowest BCUT2D eigenvalue weighted by Gasteiger charge is -2.16. The average molecular weight is 351 g/mol. The summed E-state index contributed by atoms with van der Waals surface area (Å²) in [5, 5.41) is 5.89. The number of amides is 1. The highest BCUT2D eigenvalue weighted by molar-refractivity contribution is 7.13. The van der Waals surface area contributed by atoms with Crippen molar-refractivity contribution in [3.63, 3.8) is 0 Å². The number of aryl methyl sites for hydroxylation is 1. The topological polar surface area (TPSA) is 54.9 Å². The quantitative estimate of drug-likeness (QED) is 0.717. The molecule has 3 rings (SSSR count). The highest BCUT2D eigenvalue weighted by Crippen LogP contribution is 2.28. The zero-order valence-corrected chi connectivity index (χ0v) is 15.4. The molecule has 3 aromatic rings. The van der Waals surface area contributed by atoms with Crippen LogP contribution in [0.1, 0.15) is 36.6 Å². The molecule has 0 unspecified atom stereocenters. The summed E-state index contributed by atoms with van der Waals surface area (Å²) in [6.07, 6.45) is 3.79. The second-order valence-corrected chi connectivity index (χ2v) is 7.16. The van der Waals surface area contributed by atoms with Crippen molar-refractivity contribution in [1.29, 1.82) is 0 Å². The Bertz CT molecular complexity index is 872. The van der Waals surface area contributed by atoms with Crippen LogP contribution in [0.15, 0.2) is 48.1 Å². The molecule has 25 heavy (non-hydrogen) atoms. The summed E-state index contributed by atoms with van der Waals surface area (Å²) in [5.41, 5.74) is 4.91. The monoisotopic (exact) mass is 351 g/mol. The zero-order valence-electron chi connectivity index (χ0n) is 14.6. The molecule has 0 atom stereocenters. The molecule has 0 spiro atoms. The fraction of sp³-hybridized carbons (Fsp3) is 0.250. The third-order valence-electron chi connectivity index (χ3n) is 3.99. The summed E-state index contributed by atoms with van der Waals surface area (Å²) in [7, 11) is 0. The zero-order chi connectivity index (χ0) is 17.8. The third kappa shape index (κ3) is 4.12. The predicted molar refractivity (Wildman–Crippen MR) is 103 cm³/mol. The van der Waals surface area contributed by atoms with Crippen molar-refractivity contribution in [2.24, 2.45) is 0 Å². The van der Waals surface area contributed by atoms with Gasteiger partial charge >= 0.3 is 0 Å². The molecular weight excluding hydrogens is 330 g/mol. The summed E-state index contributed by atoms with van der Waals surface area (Å²) in [6.45, 7) is 6.28. The van der Waals surface area contributed by atoms with Crippen LogP contribution in [0.2, 0.25) is 0 Å². The molecule has 0 aliphatic rings. The van der Waals surface area contributed by atoms with E-state index in [-0.39, 0.29) is 12.3 Å². The Balaban J connectivity index is 1.73. The van der Waals surface area contributed by atoms with E-state index in [1.54, 1.807) is 12.4 Å². The number of thiazole rings is 1. The number of hydrogen-bond donors (Lipinski definition) is 1. The van der Waals surface area contributed by atoms with E-state index in [1.165, 1.54) is 11.3 Å². The highest BCUT2D eigenvalue weighted by atomic mass is 32.1. The van der Waals surface area contributed by atoms with E-state index in [4.69, 9.17) is 0 Å². The Kier molecular flexibility index (Phi) is 5.24. The van der Waals surface area contributed by atoms with Gasteiger partial charge in [0, 0.05) is 29.0 Å². The van der Waals surface area contributed by atoms with Gasteiger partial charge in [-0.25, -0.2) is 4.98 Å². The molecule has 4 nitrogen and oxygen atoms in total. The summed E-state index contributed by atoms with van der Waals surface area (Å²) >= 11 is 1.53. The van der Waals surface area contributed by atoms with Crippen LogP contribution >= 0.6 is 11.3 Å². The van der Waals surface area contributed by atoms with Gasteiger partial charge in [0.15, 0.2) is 0 Å². The molecule has 1 N–H and O–H groups in total. The molecule has 1 amide bonds. The van der Waals surface area contributed by atoms with E-state index in [0.29, 0.717) is 5.92 Å². The fourth-order valence-electron chi connectivity index (χ4n) is 2.70. The number of nitrogens with one attached hydrogen (secondary N) is 1. The minimum Gasteiger partial charge on any atom is -0.325 e. The number of aromatic nitrogens is 2. The lowest BCUT2D eigenvalue weighted by atomic mass is 9.98. The third-order valence-corrected chi connectivity index (χ3v) is 4.93. The smallest absolute Gasteiger partial charge is 0.230 e. The molecular formula is C20H21N3OS.